The van der Waals surface area contributed by atoms with Gasteiger partial charge in [0.2, 0.25) is 0 Å². The van der Waals surface area contributed by atoms with Crippen LogP contribution < -0.4 is 15.0 Å². The van der Waals surface area contributed by atoms with E-state index >= 15 is 0 Å². The largest absolute Gasteiger partial charge is 0.492 e. The summed E-state index contributed by atoms with van der Waals surface area (Å²) in [7, 11) is 0. The molecular formula is C29H25N3O4. The lowest BCUT2D eigenvalue weighted by Crippen LogP contribution is -2.54. The van der Waals surface area contributed by atoms with Gasteiger partial charge in [0.15, 0.2) is 0 Å². The van der Waals surface area contributed by atoms with Gasteiger partial charge in [0, 0.05) is 22.7 Å². The van der Waals surface area contributed by atoms with Crippen LogP contribution in [-0.4, -0.2) is 29.0 Å². The molecule has 0 bridgehead atoms. The zero-order chi connectivity index (χ0) is 25.1. The molecule has 1 aliphatic heterocycles. The van der Waals surface area contributed by atoms with Crippen LogP contribution in [0.4, 0.5) is 10.5 Å². The Labute approximate surface area is 208 Å². The molecule has 1 saturated heterocycles. The monoisotopic (exact) mass is 479 g/mol. The zero-order valence-electron chi connectivity index (χ0n) is 19.8. The molecule has 0 aliphatic carbocycles. The van der Waals surface area contributed by atoms with E-state index in [4.69, 9.17) is 4.74 Å². The fraction of sp³-hybridized carbons (Fsp3) is 0.138. The van der Waals surface area contributed by atoms with Crippen LogP contribution >= 0.6 is 0 Å². The maximum atomic E-state index is 13.3. The minimum atomic E-state index is -0.758. The second kappa shape index (κ2) is 9.92. The molecule has 4 aromatic rings. The van der Waals surface area contributed by atoms with Crippen molar-refractivity contribution >= 4 is 40.5 Å². The number of amides is 4. The molecule has 5 rings (SSSR count). The number of imide groups is 2. The number of urea groups is 1. The summed E-state index contributed by atoms with van der Waals surface area (Å²) in [6.45, 7) is 3.05. The Balaban J connectivity index is 1.45. The average molecular weight is 480 g/mol. The van der Waals surface area contributed by atoms with Crippen molar-refractivity contribution < 1.29 is 19.1 Å². The standard InChI is InChI=1S/C29H25N3O4/c1-2-20-12-14-22(15-13-20)32-28(34)25(27(33)30-29(32)35)18-21-19-31(26-11-7-6-10-24(21)26)16-17-36-23-8-4-3-5-9-23/h3-15,18-19H,2,16-17H2,1H3,(H,30,33,35)/b25-18-. The second-order valence-corrected chi connectivity index (χ2v) is 8.43. The number of nitrogens with zero attached hydrogens (tertiary/aromatic N) is 2. The lowest BCUT2D eigenvalue weighted by Gasteiger charge is -2.26. The number of hydrogen-bond acceptors (Lipinski definition) is 4. The van der Waals surface area contributed by atoms with E-state index in [0.29, 0.717) is 24.4 Å². The Bertz CT molecular complexity index is 1470. The van der Waals surface area contributed by atoms with Gasteiger partial charge in [-0.2, -0.15) is 0 Å². The molecular weight excluding hydrogens is 454 g/mol. The summed E-state index contributed by atoms with van der Waals surface area (Å²) in [6.07, 6.45) is 4.28. The summed E-state index contributed by atoms with van der Waals surface area (Å²) in [4.78, 5) is 39.6. The summed E-state index contributed by atoms with van der Waals surface area (Å²) < 4.78 is 7.87. The van der Waals surface area contributed by atoms with E-state index in [-0.39, 0.29) is 5.57 Å². The van der Waals surface area contributed by atoms with Crippen LogP contribution in [0.25, 0.3) is 17.0 Å². The Hall–Kier alpha value is -4.65. The third kappa shape index (κ3) is 4.51. The van der Waals surface area contributed by atoms with Crippen LogP contribution in [0.3, 0.4) is 0 Å². The fourth-order valence-corrected chi connectivity index (χ4v) is 4.28. The number of nitrogens with one attached hydrogen (secondary N) is 1. The molecule has 1 fully saturated rings. The highest BCUT2D eigenvalue weighted by Crippen LogP contribution is 2.27. The number of carbonyl (C=O) groups is 3. The third-order valence-corrected chi connectivity index (χ3v) is 6.17. The molecule has 1 N–H and O–H groups in total. The number of carbonyl (C=O) groups excluding carboxylic acids is 3. The van der Waals surface area contributed by atoms with Gasteiger partial charge in [-0.25, -0.2) is 9.69 Å². The molecule has 0 radical (unpaired) electrons. The van der Waals surface area contributed by atoms with E-state index in [2.05, 4.69) is 5.32 Å². The van der Waals surface area contributed by atoms with E-state index < -0.39 is 17.8 Å². The van der Waals surface area contributed by atoms with Crippen LogP contribution in [-0.2, 0) is 22.6 Å². The molecule has 180 valence electrons. The average Bonchev–Trinajstić information content (AvgIpc) is 3.25. The summed E-state index contributed by atoms with van der Waals surface area (Å²) >= 11 is 0. The van der Waals surface area contributed by atoms with Crippen molar-refractivity contribution in [2.24, 2.45) is 0 Å². The van der Waals surface area contributed by atoms with Gasteiger partial charge in [-0.3, -0.25) is 14.9 Å². The highest BCUT2D eigenvalue weighted by Gasteiger charge is 2.37. The first kappa shape index (κ1) is 23.1. The van der Waals surface area contributed by atoms with Crippen molar-refractivity contribution in [1.29, 1.82) is 0 Å². The number of hydrogen-bond donors (Lipinski definition) is 1. The van der Waals surface area contributed by atoms with Crippen molar-refractivity contribution in [1.82, 2.24) is 9.88 Å². The summed E-state index contributed by atoms with van der Waals surface area (Å²) in [6, 6.07) is 23.7. The maximum Gasteiger partial charge on any atom is 0.335 e. The molecule has 0 unspecified atom stereocenters. The molecule has 1 aliphatic rings. The number of para-hydroxylation sites is 2. The Kier molecular flexibility index (Phi) is 6.36. The molecule has 0 atom stereocenters. The third-order valence-electron chi connectivity index (χ3n) is 6.17. The SMILES string of the molecule is CCc1ccc(N2C(=O)NC(=O)/C(=C/c3cn(CCOc4ccccc4)c4ccccc34)C2=O)cc1. The van der Waals surface area contributed by atoms with Crippen molar-refractivity contribution in [2.75, 3.05) is 11.5 Å². The smallest absolute Gasteiger partial charge is 0.335 e. The number of ether oxygens (including phenoxy) is 1. The topological polar surface area (TPSA) is 80.6 Å². The molecule has 1 aromatic heterocycles. The fourth-order valence-electron chi connectivity index (χ4n) is 4.28. The van der Waals surface area contributed by atoms with Crippen molar-refractivity contribution in [3.05, 3.63) is 102 Å². The Morgan fingerprint density at radius 3 is 2.36 bits per heavy atom. The van der Waals surface area contributed by atoms with Gasteiger partial charge in [0.05, 0.1) is 12.2 Å². The molecule has 7 heteroatoms. The lowest BCUT2D eigenvalue weighted by atomic mass is 10.1. The van der Waals surface area contributed by atoms with E-state index in [1.54, 1.807) is 18.2 Å². The van der Waals surface area contributed by atoms with Gasteiger partial charge in [0.25, 0.3) is 11.8 Å². The number of benzene rings is 3. The number of aryl methyl sites for hydroxylation is 1. The van der Waals surface area contributed by atoms with Crippen molar-refractivity contribution in [2.45, 2.75) is 19.9 Å². The van der Waals surface area contributed by atoms with Crippen molar-refractivity contribution in [3.63, 3.8) is 0 Å². The molecule has 36 heavy (non-hydrogen) atoms. The van der Waals surface area contributed by atoms with E-state index in [1.165, 1.54) is 0 Å². The van der Waals surface area contributed by atoms with Crippen LogP contribution in [0, 0.1) is 0 Å². The van der Waals surface area contributed by atoms with Crippen molar-refractivity contribution in [3.8, 4) is 5.75 Å². The van der Waals surface area contributed by atoms with E-state index in [1.807, 2.05) is 84.4 Å². The number of fused-ring (bicyclic) bond motifs is 1. The molecule has 2 heterocycles. The first-order valence-corrected chi connectivity index (χ1v) is 11.8. The highest BCUT2D eigenvalue weighted by molar-refractivity contribution is 6.39. The van der Waals surface area contributed by atoms with Gasteiger partial charge in [-0.1, -0.05) is 55.5 Å². The van der Waals surface area contributed by atoms with Gasteiger partial charge in [-0.15, -0.1) is 0 Å². The minimum Gasteiger partial charge on any atom is -0.492 e. The highest BCUT2D eigenvalue weighted by atomic mass is 16.5. The summed E-state index contributed by atoms with van der Waals surface area (Å²) in [5.74, 6) is -0.578. The van der Waals surface area contributed by atoms with Crippen LogP contribution in [0.15, 0.2) is 90.6 Å². The van der Waals surface area contributed by atoms with Crippen LogP contribution in [0.2, 0.25) is 0 Å². The second-order valence-electron chi connectivity index (χ2n) is 8.43. The normalized spacial score (nSPS) is 15.0. The Morgan fingerprint density at radius 2 is 1.61 bits per heavy atom. The molecule has 0 saturated carbocycles. The first-order chi connectivity index (χ1) is 17.5. The molecule has 7 nitrogen and oxygen atoms in total. The first-order valence-electron chi connectivity index (χ1n) is 11.8. The summed E-state index contributed by atoms with van der Waals surface area (Å²) in [5, 5.41) is 3.19. The van der Waals surface area contributed by atoms with E-state index in [9.17, 15) is 14.4 Å². The predicted octanol–water partition coefficient (Wildman–Crippen LogP) is 4.95. The molecule has 4 amide bonds. The molecule has 0 spiro atoms. The molecule has 3 aromatic carbocycles. The van der Waals surface area contributed by atoms with Gasteiger partial charge < -0.3 is 9.30 Å². The van der Waals surface area contributed by atoms with Crippen LogP contribution in [0.5, 0.6) is 5.75 Å². The number of anilines is 1. The van der Waals surface area contributed by atoms with Crippen LogP contribution in [0.1, 0.15) is 18.1 Å². The van der Waals surface area contributed by atoms with Gasteiger partial charge in [0.1, 0.15) is 17.9 Å². The summed E-state index contributed by atoms with van der Waals surface area (Å²) in [5.41, 5.74) is 3.05. The number of barbiturate groups is 1. The minimum absolute atomic E-state index is 0.0994. The van der Waals surface area contributed by atoms with Gasteiger partial charge >= 0.3 is 6.03 Å². The number of rotatable bonds is 7. The predicted molar refractivity (Wildman–Crippen MR) is 139 cm³/mol. The maximum absolute atomic E-state index is 13.3. The van der Waals surface area contributed by atoms with Gasteiger partial charge in [-0.05, 0) is 48.4 Å². The van der Waals surface area contributed by atoms with E-state index in [0.717, 1.165) is 33.5 Å². The zero-order valence-corrected chi connectivity index (χ0v) is 19.8. The lowest BCUT2D eigenvalue weighted by molar-refractivity contribution is -0.122. The Morgan fingerprint density at radius 1 is 0.889 bits per heavy atom. The number of aromatic nitrogens is 1. The quantitative estimate of drug-likeness (QED) is 0.300.